The Morgan fingerprint density at radius 3 is 2.57 bits per heavy atom. The summed E-state index contributed by atoms with van der Waals surface area (Å²) in [6, 6.07) is 13.7. The number of benzene rings is 2. The van der Waals surface area contributed by atoms with Crippen LogP contribution in [0.5, 0.6) is 5.75 Å². The minimum Gasteiger partial charge on any atom is -0.483 e. The topological polar surface area (TPSA) is 60.3 Å². The van der Waals surface area contributed by atoms with Crippen LogP contribution in [0.25, 0.3) is 0 Å². The van der Waals surface area contributed by atoms with E-state index in [0.29, 0.717) is 12.8 Å². The summed E-state index contributed by atoms with van der Waals surface area (Å²) >= 11 is 0. The third kappa shape index (κ3) is 3.83. The summed E-state index contributed by atoms with van der Waals surface area (Å²) in [6.07, 6.45) is 2.41. The second-order valence-electron chi connectivity index (χ2n) is 7.40. The molecule has 0 bridgehead atoms. The van der Waals surface area contributed by atoms with Crippen molar-refractivity contribution >= 4 is 5.91 Å². The molecular weight excluding hydrogens is 390 g/mol. The Morgan fingerprint density at radius 1 is 1.13 bits per heavy atom. The Bertz CT molecular complexity index is 1150. The number of hydrogen-bond acceptors (Lipinski definition) is 3. The van der Waals surface area contributed by atoms with Gasteiger partial charge in [0.15, 0.2) is 11.4 Å². The molecule has 0 spiro atoms. The molecule has 7 heteroatoms. The molecule has 2 aromatic carbocycles. The maximum atomic E-state index is 14.3. The lowest BCUT2D eigenvalue weighted by atomic mass is 10.0. The number of hydrogen-bond donors (Lipinski definition) is 1. The van der Waals surface area contributed by atoms with Gasteiger partial charge >= 0.3 is 0 Å². The molecular formula is C23H20F2N2O3. The van der Waals surface area contributed by atoms with Gasteiger partial charge in [-0.05, 0) is 36.6 Å². The van der Waals surface area contributed by atoms with Crippen LogP contribution in [0, 0.1) is 11.6 Å². The van der Waals surface area contributed by atoms with E-state index in [1.807, 2.05) is 30.3 Å². The van der Waals surface area contributed by atoms with Gasteiger partial charge in [0.2, 0.25) is 5.43 Å². The van der Waals surface area contributed by atoms with E-state index in [1.165, 1.54) is 16.8 Å². The number of nitrogens with one attached hydrogen (secondary N) is 1. The molecule has 3 aromatic rings. The summed E-state index contributed by atoms with van der Waals surface area (Å²) in [5.74, 6) is -1.83. The van der Waals surface area contributed by atoms with Gasteiger partial charge in [-0.15, -0.1) is 0 Å². The van der Waals surface area contributed by atoms with Crippen LogP contribution < -0.4 is 15.5 Å². The smallest absolute Gasteiger partial charge is 0.272 e. The van der Waals surface area contributed by atoms with Gasteiger partial charge in [-0.2, -0.15) is 0 Å². The van der Waals surface area contributed by atoms with Gasteiger partial charge in [-0.25, -0.2) is 8.78 Å². The molecule has 4 rings (SSSR count). The van der Waals surface area contributed by atoms with Gasteiger partial charge in [0.05, 0.1) is 5.54 Å². The zero-order valence-electron chi connectivity index (χ0n) is 16.3. The lowest BCUT2D eigenvalue weighted by Crippen LogP contribution is -2.38. The molecule has 1 heterocycles. The Balaban J connectivity index is 1.63. The zero-order chi connectivity index (χ0) is 21.3. The lowest BCUT2D eigenvalue weighted by molar-refractivity contribution is 0.0915. The Labute approximate surface area is 171 Å². The van der Waals surface area contributed by atoms with Crippen LogP contribution in [0.15, 0.2) is 65.6 Å². The SMILES string of the molecule is Cn1ccc(=O)c(OCc2ccccc2)c1C(=O)NC1(c2cc(F)ccc2F)CC1. The van der Waals surface area contributed by atoms with Crippen molar-refractivity contribution in [3.8, 4) is 5.75 Å². The molecule has 1 aliphatic rings. The number of aromatic nitrogens is 1. The predicted octanol–water partition coefficient (Wildman–Crippen LogP) is 3.66. The minimum absolute atomic E-state index is 0.0292. The number of aryl methyl sites for hydroxylation is 1. The van der Waals surface area contributed by atoms with Crippen molar-refractivity contribution < 1.29 is 18.3 Å². The predicted molar refractivity (Wildman–Crippen MR) is 107 cm³/mol. The average Bonchev–Trinajstić information content (AvgIpc) is 3.51. The number of halogens is 2. The molecule has 1 fully saturated rings. The van der Waals surface area contributed by atoms with Crippen molar-refractivity contribution in [2.75, 3.05) is 0 Å². The second kappa shape index (κ2) is 7.74. The van der Waals surface area contributed by atoms with Crippen LogP contribution in [0.3, 0.4) is 0 Å². The molecule has 1 aliphatic carbocycles. The third-order valence-corrected chi connectivity index (χ3v) is 5.23. The number of rotatable bonds is 6. The first-order chi connectivity index (χ1) is 14.4. The van der Waals surface area contributed by atoms with Gasteiger partial charge in [0, 0.05) is 24.9 Å². The van der Waals surface area contributed by atoms with E-state index in [9.17, 15) is 18.4 Å². The fourth-order valence-corrected chi connectivity index (χ4v) is 3.47. The maximum Gasteiger partial charge on any atom is 0.272 e. The van der Waals surface area contributed by atoms with Crippen LogP contribution in [0.2, 0.25) is 0 Å². The van der Waals surface area contributed by atoms with Crippen LogP contribution >= 0.6 is 0 Å². The van der Waals surface area contributed by atoms with Crippen molar-refractivity contribution in [2.24, 2.45) is 7.05 Å². The summed E-state index contributed by atoms with van der Waals surface area (Å²) in [5.41, 5.74) is -0.456. The van der Waals surface area contributed by atoms with Crippen LogP contribution in [0.4, 0.5) is 8.78 Å². The Morgan fingerprint density at radius 2 is 1.87 bits per heavy atom. The third-order valence-electron chi connectivity index (χ3n) is 5.23. The van der Waals surface area contributed by atoms with E-state index >= 15 is 0 Å². The van der Waals surface area contributed by atoms with Crippen molar-refractivity contribution in [1.82, 2.24) is 9.88 Å². The average molecular weight is 410 g/mol. The molecule has 1 saturated carbocycles. The second-order valence-corrected chi connectivity index (χ2v) is 7.40. The largest absolute Gasteiger partial charge is 0.483 e. The quantitative estimate of drug-likeness (QED) is 0.675. The molecule has 1 amide bonds. The molecule has 1 N–H and O–H groups in total. The summed E-state index contributed by atoms with van der Waals surface area (Å²) < 4.78 is 35.1. The highest BCUT2D eigenvalue weighted by Gasteiger charge is 2.48. The van der Waals surface area contributed by atoms with E-state index in [4.69, 9.17) is 4.74 Å². The van der Waals surface area contributed by atoms with Gasteiger partial charge in [-0.1, -0.05) is 30.3 Å². The first-order valence-electron chi connectivity index (χ1n) is 9.54. The number of carbonyl (C=O) groups excluding carboxylic acids is 1. The molecule has 0 unspecified atom stereocenters. The van der Waals surface area contributed by atoms with Crippen molar-refractivity contribution in [3.05, 3.63) is 99.5 Å². The zero-order valence-corrected chi connectivity index (χ0v) is 16.3. The van der Waals surface area contributed by atoms with Gasteiger partial charge in [-0.3, -0.25) is 9.59 Å². The van der Waals surface area contributed by atoms with Crippen LogP contribution in [-0.4, -0.2) is 10.5 Å². The maximum absolute atomic E-state index is 14.3. The normalized spacial score (nSPS) is 14.2. The molecule has 0 radical (unpaired) electrons. The summed E-state index contributed by atoms with van der Waals surface area (Å²) in [6.45, 7) is 0.115. The van der Waals surface area contributed by atoms with E-state index in [1.54, 1.807) is 7.05 Å². The van der Waals surface area contributed by atoms with Crippen molar-refractivity contribution in [1.29, 1.82) is 0 Å². The van der Waals surface area contributed by atoms with E-state index in [-0.39, 0.29) is 23.6 Å². The molecule has 5 nitrogen and oxygen atoms in total. The van der Waals surface area contributed by atoms with E-state index in [2.05, 4.69) is 5.32 Å². The van der Waals surface area contributed by atoms with Gasteiger partial charge in [0.25, 0.3) is 5.91 Å². The molecule has 30 heavy (non-hydrogen) atoms. The highest BCUT2D eigenvalue weighted by Crippen LogP contribution is 2.47. The molecule has 0 atom stereocenters. The van der Waals surface area contributed by atoms with Crippen LogP contribution in [-0.2, 0) is 19.2 Å². The number of carbonyl (C=O) groups is 1. The van der Waals surface area contributed by atoms with E-state index < -0.39 is 28.5 Å². The molecule has 0 aliphatic heterocycles. The minimum atomic E-state index is -0.994. The fourth-order valence-electron chi connectivity index (χ4n) is 3.47. The van der Waals surface area contributed by atoms with Crippen molar-refractivity contribution in [3.63, 3.8) is 0 Å². The number of pyridine rings is 1. The Kier molecular flexibility index (Phi) is 5.11. The molecule has 154 valence electrons. The fraction of sp³-hybridized carbons (Fsp3) is 0.217. The summed E-state index contributed by atoms with van der Waals surface area (Å²) in [5, 5.41) is 2.79. The standard InChI is InChI=1S/C23H20F2N2O3/c1-27-12-9-19(28)21(30-14-15-5-3-2-4-6-15)20(27)22(29)26-23(10-11-23)17-13-16(24)7-8-18(17)25/h2-9,12-13H,10-11,14H2,1H3,(H,26,29). The molecule has 1 aromatic heterocycles. The first-order valence-corrected chi connectivity index (χ1v) is 9.54. The Hall–Kier alpha value is -3.48. The van der Waals surface area contributed by atoms with Crippen molar-refractivity contribution in [2.45, 2.75) is 25.0 Å². The summed E-state index contributed by atoms with van der Waals surface area (Å²) in [7, 11) is 1.62. The van der Waals surface area contributed by atoms with Crippen LogP contribution in [0.1, 0.15) is 34.5 Å². The highest BCUT2D eigenvalue weighted by molar-refractivity contribution is 5.96. The van der Waals surface area contributed by atoms with Gasteiger partial charge < -0.3 is 14.6 Å². The number of nitrogens with zero attached hydrogens (tertiary/aromatic N) is 1. The number of amides is 1. The highest BCUT2D eigenvalue weighted by atomic mass is 19.1. The lowest BCUT2D eigenvalue weighted by Gasteiger charge is -2.21. The summed E-state index contributed by atoms with van der Waals surface area (Å²) in [4.78, 5) is 25.5. The van der Waals surface area contributed by atoms with Gasteiger partial charge in [0.1, 0.15) is 18.2 Å². The number of ether oxygens (including phenoxy) is 1. The first kappa shape index (κ1) is 19.8. The van der Waals surface area contributed by atoms with E-state index in [0.717, 1.165) is 23.8 Å². The monoisotopic (exact) mass is 410 g/mol. The molecule has 0 saturated heterocycles.